The standard InChI is InChI=1S/C12H23N3O7/c1-8(19)13-3-10(4-14-9(2)20)22-11(21)15-12(5-16,6-17)7-18/h10,16-18H,3-7H2,1-2H3,(H,13,19)(H,14,20)(H,15,21). The summed E-state index contributed by atoms with van der Waals surface area (Å²) in [6.07, 6.45) is -1.88. The molecule has 128 valence electrons. The number of aliphatic hydroxyl groups excluding tert-OH is 3. The summed E-state index contributed by atoms with van der Waals surface area (Å²) in [7, 11) is 0. The second-order valence-corrected chi connectivity index (χ2v) is 4.78. The molecule has 0 aromatic rings. The van der Waals surface area contributed by atoms with Crippen molar-refractivity contribution in [1.82, 2.24) is 16.0 Å². The lowest BCUT2D eigenvalue weighted by Gasteiger charge is -2.29. The van der Waals surface area contributed by atoms with Gasteiger partial charge in [-0.1, -0.05) is 0 Å². The summed E-state index contributed by atoms with van der Waals surface area (Å²) < 4.78 is 5.00. The van der Waals surface area contributed by atoms with Crippen LogP contribution in [0.2, 0.25) is 0 Å². The molecule has 10 heteroatoms. The van der Waals surface area contributed by atoms with Crippen molar-refractivity contribution in [3.63, 3.8) is 0 Å². The van der Waals surface area contributed by atoms with Crippen LogP contribution in [0.4, 0.5) is 4.79 Å². The molecular weight excluding hydrogens is 298 g/mol. The number of amides is 3. The summed E-state index contributed by atoms with van der Waals surface area (Å²) in [5.41, 5.74) is -1.62. The van der Waals surface area contributed by atoms with Gasteiger partial charge in [0.15, 0.2) is 0 Å². The van der Waals surface area contributed by atoms with Gasteiger partial charge in [0.2, 0.25) is 11.8 Å². The second-order valence-electron chi connectivity index (χ2n) is 4.78. The van der Waals surface area contributed by atoms with E-state index >= 15 is 0 Å². The topological polar surface area (TPSA) is 157 Å². The van der Waals surface area contributed by atoms with E-state index in [-0.39, 0.29) is 24.9 Å². The zero-order valence-electron chi connectivity index (χ0n) is 12.6. The highest BCUT2D eigenvalue weighted by Crippen LogP contribution is 2.03. The Bertz CT molecular complexity index is 359. The van der Waals surface area contributed by atoms with Gasteiger partial charge in [-0.05, 0) is 0 Å². The molecule has 0 saturated heterocycles. The molecule has 10 nitrogen and oxygen atoms in total. The van der Waals surface area contributed by atoms with Crippen LogP contribution in [0.15, 0.2) is 0 Å². The van der Waals surface area contributed by atoms with E-state index in [1.807, 2.05) is 0 Å². The summed E-state index contributed by atoms with van der Waals surface area (Å²) in [4.78, 5) is 33.5. The first-order chi connectivity index (χ1) is 10.3. The van der Waals surface area contributed by atoms with Crippen molar-refractivity contribution in [3.05, 3.63) is 0 Å². The van der Waals surface area contributed by atoms with Gasteiger partial charge in [-0.15, -0.1) is 0 Å². The minimum Gasteiger partial charge on any atom is -0.442 e. The average Bonchev–Trinajstić information content (AvgIpc) is 2.47. The monoisotopic (exact) mass is 321 g/mol. The lowest BCUT2D eigenvalue weighted by Crippen LogP contribution is -2.58. The first-order valence-electron chi connectivity index (χ1n) is 6.59. The smallest absolute Gasteiger partial charge is 0.408 e. The summed E-state index contributed by atoms with van der Waals surface area (Å²) in [5, 5.41) is 34.3. The van der Waals surface area contributed by atoms with Gasteiger partial charge in [0.1, 0.15) is 11.6 Å². The Morgan fingerprint density at radius 2 is 1.36 bits per heavy atom. The molecule has 0 radical (unpaired) electrons. The van der Waals surface area contributed by atoms with Gasteiger partial charge in [-0.3, -0.25) is 9.59 Å². The lowest BCUT2D eigenvalue weighted by atomic mass is 10.0. The molecule has 0 aliphatic rings. The minimum absolute atomic E-state index is 0.0343. The van der Waals surface area contributed by atoms with Gasteiger partial charge < -0.3 is 36.0 Å². The molecule has 0 saturated carbocycles. The first kappa shape index (κ1) is 20.1. The Hall–Kier alpha value is -1.91. The highest BCUT2D eigenvalue weighted by molar-refractivity contribution is 5.74. The lowest BCUT2D eigenvalue weighted by molar-refractivity contribution is -0.119. The van der Waals surface area contributed by atoms with Crippen LogP contribution in [0.5, 0.6) is 0 Å². The van der Waals surface area contributed by atoms with Crippen molar-refractivity contribution in [1.29, 1.82) is 0 Å². The predicted octanol–water partition coefficient (Wildman–Crippen LogP) is -2.93. The van der Waals surface area contributed by atoms with Crippen LogP contribution in [-0.2, 0) is 14.3 Å². The fourth-order valence-corrected chi connectivity index (χ4v) is 1.34. The van der Waals surface area contributed by atoms with Crippen LogP contribution < -0.4 is 16.0 Å². The Morgan fingerprint density at radius 3 is 1.68 bits per heavy atom. The van der Waals surface area contributed by atoms with Crippen LogP contribution in [0.25, 0.3) is 0 Å². The van der Waals surface area contributed by atoms with Gasteiger partial charge in [-0.25, -0.2) is 4.79 Å². The third-order valence-electron chi connectivity index (χ3n) is 2.71. The molecule has 0 fully saturated rings. The van der Waals surface area contributed by atoms with E-state index in [2.05, 4.69) is 16.0 Å². The van der Waals surface area contributed by atoms with Crippen molar-refractivity contribution in [3.8, 4) is 0 Å². The molecule has 0 bridgehead atoms. The third-order valence-corrected chi connectivity index (χ3v) is 2.71. The molecule has 6 N–H and O–H groups in total. The molecule has 22 heavy (non-hydrogen) atoms. The number of hydrogen-bond acceptors (Lipinski definition) is 7. The number of hydrogen-bond donors (Lipinski definition) is 6. The number of carbonyl (C=O) groups excluding carboxylic acids is 3. The number of alkyl carbamates (subject to hydrolysis) is 1. The summed E-state index contributed by atoms with van der Waals surface area (Å²) in [6.45, 7) is 0.403. The number of nitrogens with one attached hydrogen (secondary N) is 3. The van der Waals surface area contributed by atoms with Crippen molar-refractivity contribution in [2.45, 2.75) is 25.5 Å². The number of rotatable bonds is 9. The molecule has 0 aromatic heterocycles. The highest BCUT2D eigenvalue weighted by atomic mass is 16.6. The van der Waals surface area contributed by atoms with Gasteiger partial charge in [0.25, 0.3) is 0 Å². The first-order valence-corrected chi connectivity index (χ1v) is 6.59. The van der Waals surface area contributed by atoms with Crippen molar-refractivity contribution in [2.24, 2.45) is 0 Å². The van der Waals surface area contributed by atoms with Crippen LogP contribution in [0.1, 0.15) is 13.8 Å². The van der Waals surface area contributed by atoms with Gasteiger partial charge >= 0.3 is 6.09 Å². The Kier molecular flexibility index (Phi) is 9.06. The second kappa shape index (κ2) is 9.92. The summed E-state index contributed by atoms with van der Waals surface area (Å²) in [5.74, 6) is -0.681. The summed E-state index contributed by atoms with van der Waals surface area (Å²) in [6, 6.07) is 0. The maximum Gasteiger partial charge on any atom is 0.408 e. The van der Waals surface area contributed by atoms with Crippen LogP contribution in [0, 0.1) is 0 Å². The van der Waals surface area contributed by atoms with E-state index in [0.717, 1.165) is 0 Å². The normalized spacial score (nSPS) is 11.0. The van der Waals surface area contributed by atoms with Crippen LogP contribution in [0.3, 0.4) is 0 Å². The fourth-order valence-electron chi connectivity index (χ4n) is 1.34. The van der Waals surface area contributed by atoms with Crippen LogP contribution >= 0.6 is 0 Å². The Labute approximate surface area is 127 Å². The van der Waals surface area contributed by atoms with E-state index < -0.39 is 37.6 Å². The highest BCUT2D eigenvalue weighted by Gasteiger charge is 2.31. The SMILES string of the molecule is CC(=O)NCC(CNC(C)=O)OC(=O)NC(CO)(CO)CO. The largest absolute Gasteiger partial charge is 0.442 e. The number of carbonyl (C=O) groups is 3. The molecule has 0 rings (SSSR count). The summed E-state index contributed by atoms with van der Waals surface area (Å²) >= 11 is 0. The molecule has 0 heterocycles. The van der Waals surface area contributed by atoms with Crippen molar-refractivity contribution in [2.75, 3.05) is 32.9 Å². The number of aliphatic hydroxyl groups is 3. The molecule has 0 atom stereocenters. The Balaban J connectivity index is 4.63. The fraction of sp³-hybridized carbons (Fsp3) is 0.750. The van der Waals surface area contributed by atoms with Gasteiger partial charge in [-0.2, -0.15) is 0 Å². The maximum atomic E-state index is 11.7. The van der Waals surface area contributed by atoms with E-state index in [1.54, 1.807) is 0 Å². The van der Waals surface area contributed by atoms with Crippen LogP contribution in [-0.4, -0.2) is 77.8 Å². The predicted molar refractivity (Wildman–Crippen MR) is 74.8 cm³/mol. The molecule has 0 unspecified atom stereocenters. The van der Waals surface area contributed by atoms with E-state index in [9.17, 15) is 14.4 Å². The zero-order chi connectivity index (χ0) is 17.2. The zero-order valence-corrected chi connectivity index (χ0v) is 12.6. The van der Waals surface area contributed by atoms with E-state index in [0.29, 0.717) is 0 Å². The average molecular weight is 321 g/mol. The maximum absolute atomic E-state index is 11.7. The van der Waals surface area contributed by atoms with E-state index in [1.165, 1.54) is 13.8 Å². The van der Waals surface area contributed by atoms with Gasteiger partial charge in [0, 0.05) is 13.8 Å². The molecule has 3 amide bonds. The minimum atomic E-state index is -1.62. The van der Waals surface area contributed by atoms with Gasteiger partial charge in [0.05, 0.1) is 32.9 Å². The number of ether oxygens (including phenoxy) is 1. The van der Waals surface area contributed by atoms with Crippen molar-refractivity contribution >= 4 is 17.9 Å². The molecule has 0 aliphatic carbocycles. The third kappa shape index (κ3) is 7.76. The molecule has 0 aliphatic heterocycles. The van der Waals surface area contributed by atoms with E-state index in [4.69, 9.17) is 20.1 Å². The molecular formula is C12H23N3O7. The van der Waals surface area contributed by atoms with Crippen molar-refractivity contribution < 1.29 is 34.4 Å². The Morgan fingerprint density at radius 1 is 0.955 bits per heavy atom. The molecule has 0 aromatic carbocycles. The molecule has 0 spiro atoms. The quantitative estimate of drug-likeness (QED) is 0.265.